The van der Waals surface area contributed by atoms with Crippen molar-refractivity contribution in [1.29, 1.82) is 5.26 Å². The van der Waals surface area contributed by atoms with Gasteiger partial charge in [0.1, 0.15) is 0 Å². The molecule has 0 saturated heterocycles. The number of rotatable bonds is 5. The summed E-state index contributed by atoms with van der Waals surface area (Å²) in [6.45, 7) is 4.90. The molecule has 0 spiro atoms. The molecule has 0 bridgehead atoms. The minimum Gasteiger partial charge on any atom is -0.396 e. The molecule has 64 valence electrons. The zero-order chi connectivity index (χ0) is 8.69. The summed E-state index contributed by atoms with van der Waals surface area (Å²) >= 11 is 0. The minimum atomic E-state index is 0.0856. The quantitative estimate of drug-likeness (QED) is 0.609. The van der Waals surface area contributed by atoms with Crippen molar-refractivity contribution in [2.24, 2.45) is 5.92 Å². The minimum absolute atomic E-state index is 0.0856. The van der Waals surface area contributed by atoms with Crippen molar-refractivity contribution in [3.8, 4) is 6.07 Å². The fourth-order valence-electron chi connectivity index (χ4n) is 0.733. The fraction of sp³-hybridized carbons (Fsp3) is 0.875. The predicted octanol–water partition coefficient (Wildman–Crippen LogP) is 0.507. The van der Waals surface area contributed by atoms with Gasteiger partial charge >= 0.3 is 0 Å². The van der Waals surface area contributed by atoms with Gasteiger partial charge in [-0.25, -0.2) is 0 Å². The van der Waals surface area contributed by atoms with Gasteiger partial charge in [-0.1, -0.05) is 13.8 Å². The van der Waals surface area contributed by atoms with Gasteiger partial charge < -0.3 is 10.4 Å². The molecule has 0 amide bonds. The van der Waals surface area contributed by atoms with Crippen LogP contribution in [-0.4, -0.2) is 24.3 Å². The van der Waals surface area contributed by atoms with Crippen molar-refractivity contribution in [3.63, 3.8) is 0 Å². The number of hydrogen-bond donors (Lipinski definition) is 2. The SMILES string of the molecule is CC(C)NC[C@H](CO)CC#N. The predicted molar refractivity (Wildman–Crippen MR) is 43.9 cm³/mol. The van der Waals surface area contributed by atoms with Crippen molar-refractivity contribution < 1.29 is 5.11 Å². The maximum absolute atomic E-state index is 8.78. The molecular formula is C8H16N2O. The number of hydrogen-bond acceptors (Lipinski definition) is 3. The lowest BCUT2D eigenvalue weighted by Gasteiger charge is -2.13. The molecule has 0 aromatic carbocycles. The lowest BCUT2D eigenvalue weighted by molar-refractivity contribution is 0.222. The summed E-state index contributed by atoms with van der Waals surface area (Å²) in [7, 11) is 0. The Kier molecular flexibility index (Phi) is 5.81. The van der Waals surface area contributed by atoms with Crippen LogP contribution in [0.15, 0.2) is 0 Å². The third-order valence-corrected chi connectivity index (χ3v) is 1.45. The first-order chi connectivity index (χ1) is 5.20. The average molecular weight is 156 g/mol. The fourth-order valence-corrected chi connectivity index (χ4v) is 0.733. The van der Waals surface area contributed by atoms with E-state index in [1.807, 2.05) is 19.9 Å². The van der Waals surface area contributed by atoms with E-state index in [1.165, 1.54) is 0 Å². The van der Waals surface area contributed by atoms with Crippen LogP contribution in [0.4, 0.5) is 0 Å². The summed E-state index contributed by atoms with van der Waals surface area (Å²) in [6, 6.07) is 2.46. The Labute approximate surface area is 68.0 Å². The van der Waals surface area contributed by atoms with Gasteiger partial charge in [-0.05, 0) is 0 Å². The first kappa shape index (κ1) is 10.4. The number of nitrogens with one attached hydrogen (secondary N) is 1. The van der Waals surface area contributed by atoms with Crippen molar-refractivity contribution in [1.82, 2.24) is 5.32 Å². The summed E-state index contributed by atoms with van der Waals surface area (Å²) in [6.07, 6.45) is 0.427. The molecule has 0 aliphatic heterocycles. The smallest absolute Gasteiger partial charge is 0.0626 e. The molecule has 11 heavy (non-hydrogen) atoms. The van der Waals surface area contributed by atoms with Gasteiger partial charge in [0, 0.05) is 31.5 Å². The third-order valence-electron chi connectivity index (χ3n) is 1.45. The van der Waals surface area contributed by atoms with Crippen LogP contribution in [0.2, 0.25) is 0 Å². The van der Waals surface area contributed by atoms with Crippen LogP contribution in [-0.2, 0) is 0 Å². The lowest BCUT2D eigenvalue weighted by atomic mass is 10.1. The van der Waals surface area contributed by atoms with Crippen LogP contribution >= 0.6 is 0 Å². The Morgan fingerprint density at radius 3 is 2.55 bits per heavy atom. The van der Waals surface area contributed by atoms with E-state index in [0.717, 1.165) is 6.54 Å². The molecule has 0 radical (unpaired) electrons. The molecule has 3 heteroatoms. The zero-order valence-electron chi connectivity index (χ0n) is 7.17. The Morgan fingerprint density at radius 2 is 2.18 bits per heavy atom. The Morgan fingerprint density at radius 1 is 1.55 bits per heavy atom. The lowest BCUT2D eigenvalue weighted by Crippen LogP contribution is -2.30. The summed E-state index contributed by atoms with van der Waals surface area (Å²) in [5, 5.41) is 20.3. The van der Waals surface area contributed by atoms with E-state index >= 15 is 0 Å². The second kappa shape index (κ2) is 6.14. The van der Waals surface area contributed by atoms with Gasteiger partial charge in [0.05, 0.1) is 6.07 Å². The number of nitrogens with zero attached hydrogens (tertiary/aromatic N) is 1. The van der Waals surface area contributed by atoms with E-state index in [9.17, 15) is 0 Å². The maximum Gasteiger partial charge on any atom is 0.0626 e. The Hall–Kier alpha value is -0.590. The largest absolute Gasteiger partial charge is 0.396 e. The van der Waals surface area contributed by atoms with Crippen molar-refractivity contribution in [3.05, 3.63) is 0 Å². The molecule has 0 aliphatic carbocycles. The van der Waals surface area contributed by atoms with Crippen LogP contribution < -0.4 is 5.32 Å². The molecule has 0 unspecified atom stereocenters. The van der Waals surface area contributed by atoms with E-state index in [2.05, 4.69) is 5.32 Å². The Balaban J connectivity index is 3.45. The van der Waals surface area contributed by atoms with Gasteiger partial charge in [0.25, 0.3) is 0 Å². The normalized spacial score (nSPS) is 13.0. The van der Waals surface area contributed by atoms with Crippen molar-refractivity contribution in [2.45, 2.75) is 26.3 Å². The molecule has 0 rings (SSSR count). The van der Waals surface area contributed by atoms with E-state index in [4.69, 9.17) is 10.4 Å². The van der Waals surface area contributed by atoms with Crippen LogP contribution in [0.3, 0.4) is 0 Å². The van der Waals surface area contributed by atoms with E-state index in [1.54, 1.807) is 0 Å². The van der Waals surface area contributed by atoms with E-state index < -0.39 is 0 Å². The standard InChI is InChI=1S/C8H16N2O/c1-7(2)10-5-8(6-11)3-4-9/h7-8,10-11H,3,5-6H2,1-2H3/t8-/m1/s1. The average Bonchev–Trinajstić information content (AvgIpc) is 1.97. The molecule has 0 heterocycles. The molecule has 2 N–H and O–H groups in total. The van der Waals surface area contributed by atoms with E-state index in [-0.39, 0.29) is 12.5 Å². The van der Waals surface area contributed by atoms with Gasteiger partial charge in [-0.15, -0.1) is 0 Å². The maximum atomic E-state index is 8.78. The molecule has 3 nitrogen and oxygen atoms in total. The Bertz CT molecular complexity index is 129. The highest BCUT2D eigenvalue weighted by Gasteiger charge is 2.06. The first-order valence-corrected chi connectivity index (χ1v) is 3.92. The molecule has 0 aromatic heterocycles. The third kappa shape index (κ3) is 5.84. The van der Waals surface area contributed by atoms with Gasteiger partial charge in [0.2, 0.25) is 0 Å². The first-order valence-electron chi connectivity index (χ1n) is 3.92. The molecule has 0 aliphatic rings. The topological polar surface area (TPSA) is 56.0 Å². The monoisotopic (exact) mass is 156 g/mol. The number of aliphatic hydroxyl groups excluding tert-OH is 1. The highest BCUT2D eigenvalue weighted by atomic mass is 16.3. The molecule has 1 atom stereocenters. The molecule has 0 fully saturated rings. The van der Waals surface area contributed by atoms with Gasteiger partial charge in [-0.3, -0.25) is 0 Å². The zero-order valence-corrected chi connectivity index (χ0v) is 7.17. The van der Waals surface area contributed by atoms with E-state index in [0.29, 0.717) is 12.5 Å². The van der Waals surface area contributed by atoms with Gasteiger partial charge in [-0.2, -0.15) is 5.26 Å². The van der Waals surface area contributed by atoms with Crippen LogP contribution in [0.25, 0.3) is 0 Å². The highest BCUT2D eigenvalue weighted by molar-refractivity contribution is 4.77. The van der Waals surface area contributed by atoms with Crippen molar-refractivity contribution >= 4 is 0 Å². The molecule has 0 saturated carbocycles. The van der Waals surface area contributed by atoms with Crippen LogP contribution in [0.5, 0.6) is 0 Å². The van der Waals surface area contributed by atoms with Crippen LogP contribution in [0.1, 0.15) is 20.3 Å². The van der Waals surface area contributed by atoms with Crippen molar-refractivity contribution in [2.75, 3.05) is 13.2 Å². The highest BCUT2D eigenvalue weighted by Crippen LogP contribution is 1.98. The number of nitriles is 1. The number of aliphatic hydroxyl groups is 1. The summed E-state index contributed by atoms with van der Waals surface area (Å²) in [5.41, 5.74) is 0. The summed E-state index contributed by atoms with van der Waals surface area (Å²) < 4.78 is 0. The van der Waals surface area contributed by atoms with Crippen LogP contribution in [0, 0.1) is 17.2 Å². The second-order valence-electron chi connectivity index (χ2n) is 2.97. The summed E-state index contributed by atoms with van der Waals surface area (Å²) in [4.78, 5) is 0. The van der Waals surface area contributed by atoms with Gasteiger partial charge in [0.15, 0.2) is 0 Å². The second-order valence-corrected chi connectivity index (χ2v) is 2.97. The summed E-state index contributed by atoms with van der Waals surface area (Å²) in [5.74, 6) is 0.0856. The molecular weight excluding hydrogens is 140 g/mol. The molecule has 0 aromatic rings.